The summed E-state index contributed by atoms with van der Waals surface area (Å²) in [6.07, 6.45) is 1.53. The molecule has 4 rings (SSSR count). The fraction of sp³-hybridized carbons (Fsp3) is 0.200. The van der Waals surface area contributed by atoms with E-state index in [9.17, 15) is 14.4 Å². The molecule has 1 aromatic heterocycles. The van der Waals surface area contributed by atoms with E-state index in [1.165, 1.54) is 23.6 Å². The number of carbonyl (C=O) groups is 3. The fourth-order valence-corrected chi connectivity index (χ4v) is 4.52. The molecule has 1 unspecified atom stereocenters. The molecular weight excluding hydrogens is 454 g/mol. The van der Waals surface area contributed by atoms with Gasteiger partial charge in [0.05, 0.1) is 25.6 Å². The Morgan fingerprint density at radius 2 is 1.85 bits per heavy atom. The maximum Gasteiger partial charge on any atom is 0.243 e. The van der Waals surface area contributed by atoms with Crippen molar-refractivity contribution >= 4 is 45.9 Å². The van der Waals surface area contributed by atoms with E-state index in [2.05, 4.69) is 10.3 Å². The van der Waals surface area contributed by atoms with Crippen LogP contribution in [0.15, 0.2) is 76.3 Å². The highest BCUT2D eigenvalue weighted by Gasteiger charge is 2.39. The third-order valence-electron chi connectivity index (χ3n) is 5.16. The molecular formula is C25H23N3O5S. The van der Waals surface area contributed by atoms with Crippen molar-refractivity contribution in [2.75, 3.05) is 12.4 Å². The van der Waals surface area contributed by atoms with Crippen molar-refractivity contribution in [3.05, 3.63) is 78.3 Å². The number of aliphatic imine (C=N–C) groups is 1. The van der Waals surface area contributed by atoms with Crippen LogP contribution in [0.25, 0.3) is 0 Å². The van der Waals surface area contributed by atoms with Crippen LogP contribution in [0, 0.1) is 0 Å². The van der Waals surface area contributed by atoms with Gasteiger partial charge >= 0.3 is 0 Å². The Bertz CT molecular complexity index is 1200. The summed E-state index contributed by atoms with van der Waals surface area (Å²) in [5.74, 6) is 0.761. The van der Waals surface area contributed by atoms with E-state index in [1.807, 2.05) is 0 Å². The van der Waals surface area contributed by atoms with E-state index in [4.69, 9.17) is 9.15 Å². The van der Waals surface area contributed by atoms with E-state index in [-0.39, 0.29) is 30.6 Å². The minimum absolute atomic E-state index is 0.0196. The van der Waals surface area contributed by atoms with Crippen LogP contribution in [-0.4, -0.2) is 40.0 Å². The fourth-order valence-electron chi connectivity index (χ4n) is 3.36. The van der Waals surface area contributed by atoms with Gasteiger partial charge in [-0.2, -0.15) is 0 Å². The Hall–Kier alpha value is -3.85. The van der Waals surface area contributed by atoms with E-state index in [0.717, 1.165) is 0 Å². The average molecular weight is 478 g/mol. The van der Waals surface area contributed by atoms with Crippen molar-refractivity contribution in [2.45, 2.75) is 25.1 Å². The molecule has 34 heavy (non-hydrogen) atoms. The van der Waals surface area contributed by atoms with Crippen molar-refractivity contribution in [1.29, 1.82) is 0 Å². The van der Waals surface area contributed by atoms with Crippen LogP contribution < -0.4 is 10.1 Å². The number of hydrogen-bond donors (Lipinski definition) is 1. The molecule has 1 atom stereocenters. The summed E-state index contributed by atoms with van der Waals surface area (Å²) in [4.78, 5) is 43.4. The summed E-state index contributed by atoms with van der Waals surface area (Å²) < 4.78 is 10.6. The number of amidine groups is 1. The number of rotatable bonds is 8. The number of ketones is 1. The van der Waals surface area contributed by atoms with Gasteiger partial charge in [0.25, 0.3) is 0 Å². The van der Waals surface area contributed by atoms with Gasteiger partial charge in [0, 0.05) is 17.7 Å². The lowest BCUT2D eigenvalue weighted by atomic mass is 10.1. The molecule has 0 spiro atoms. The predicted molar refractivity (Wildman–Crippen MR) is 130 cm³/mol. The first-order valence-corrected chi connectivity index (χ1v) is 11.4. The average Bonchev–Trinajstić information content (AvgIpc) is 3.44. The molecule has 0 saturated carbocycles. The van der Waals surface area contributed by atoms with Crippen LogP contribution in [0.3, 0.4) is 0 Å². The quantitative estimate of drug-likeness (QED) is 0.474. The molecule has 9 heteroatoms. The second-order valence-corrected chi connectivity index (χ2v) is 8.76. The molecule has 2 aromatic carbocycles. The van der Waals surface area contributed by atoms with Crippen molar-refractivity contribution in [1.82, 2.24) is 4.90 Å². The first-order chi connectivity index (χ1) is 16.4. The second-order valence-electron chi connectivity index (χ2n) is 7.59. The standard InChI is InChI=1S/C25H23N3O5S/c1-16(29)17-5-7-18(8-6-17)26-23(30)14-22-24(31)28(15-21-4-3-13-33-21)25(34-22)27-19-9-11-20(32-2)12-10-19/h3-13,22H,14-15H2,1-2H3,(H,26,30). The lowest BCUT2D eigenvalue weighted by molar-refractivity contribution is -0.128. The van der Waals surface area contributed by atoms with Crippen molar-refractivity contribution in [3.63, 3.8) is 0 Å². The first kappa shape index (κ1) is 23.3. The number of benzene rings is 2. The zero-order valence-electron chi connectivity index (χ0n) is 18.7. The van der Waals surface area contributed by atoms with Gasteiger partial charge in [0.15, 0.2) is 11.0 Å². The van der Waals surface area contributed by atoms with E-state index in [0.29, 0.717) is 33.6 Å². The largest absolute Gasteiger partial charge is 0.497 e. The normalized spacial score (nSPS) is 16.6. The predicted octanol–water partition coefficient (Wildman–Crippen LogP) is 4.65. The van der Waals surface area contributed by atoms with Gasteiger partial charge in [0.2, 0.25) is 11.8 Å². The van der Waals surface area contributed by atoms with Crippen LogP contribution in [0.2, 0.25) is 0 Å². The number of nitrogens with zero attached hydrogens (tertiary/aromatic N) is 2. The Morgan fingerprint density at radius 1 is 1.12 bits per heavy atom. The van der Waals surface area contributed by atoms with E-state index >= 15 is 0 Å². The topological polar surface area (TPSA) is 101 Å². The summed E-state index contributed by atoms with van der Waals surface area (Å²) in [5.41, 5.74) is 1.79. The molecule has 0 radical (unpaired) electrons. The van der Waals surface area contributed by atoms with Gasteiger partial charge in [0.1, 0.15) is 16.8 Å². The van der Waals surface area contributed by atoms with Gasteiger partial charge in [-0.3, -0.25) is 19.3 Å². The molecule has 2 heterocycles. The van der Waals surface area contributed by atoms with Crippen molar-refractivity contribution < 1.29 is 23.5 Å². The first-order valence-electron chi connectivity index (χ1n) is 10.6. The number of thioether (sulfide) groups is 1. The Balaban J connectivity index is 1.49. The van der Waals surface area contributed by atoms with E-state index in [1.54, 1.807) is 74.0 Å². The number of nitrogens with one attached hydrogen (secondary N) is 1. The van der Waals surface area contributed by atoms with Crippen molar-refractivity contribution in [3.8, 4) is 5.75 Å². The summed E-state index contributed by atoms with van der Waals surface area (Å²) in [5, 5.41) is 2.66. The van der Waals surface area contributed by atoms with Gasteiger partial charge in [-0.25, -0.2) is 4.99 Å². The number of methoxy groups -OCH3 is 1. The number of furan rings is 1. The number of carbonyl (C=O) groups excluding carboxylic acids is 3. The molecule has 3 aromatic rings. The lowest BCUT2D eigenvalue weighted by Crippen LogP contribution is -2.33. The van der Waals surface area contributed by atoms with Crippen LogP contribution in [-0.2, 0) is 16.1 Å². The van der Waals surface area contributed by atoms with Crippen LogP contribution in [0.5, 0.6) is 5.75 Å². The molecule has 1 aliphatic heterocycles. The minimum Gasteiger partial charge on any atom is -0.497 e. The number of amides is 2. The Labute approximate surface area is 201 Å². The molecule has 174 valence electrons. The number of ether oxygens (including phenoxy) is 1. The minimum atomic E-state index is -0.622. The SMILES string of the molecule is COc1ccc(N=C2SC(CC(=O)Nc3ccc(C(C)=O)cc3)C(=O)N2Cc2ccco2)cc1. The van der Waals surface area contributed by atoms with Gasteiger partial charge in [-0.1, -0.05) is 11.8 Å². The number of hydrogen-bond acceptors (Lipinski definition) is 7. The van der Waals surface area contributed by atoms with Crippen molar-refractivity contribution in [2.24, 2.45) is 4.99 Å². The highest BCUT2D eigenvalue weighted by atomic mass is 32.2. The Kier molecular flexibility index (Phi) is 7.12. The summed E-state index contributed by atoms with van der Waals surface area (Å²) >= 11 is 1.25. The molecule has 1 fully saturated rings. The maximum absolute atomic E-state index is 13.2. The summed E-state index contributed by atoms with van der Waals surface area (Å²) in [7, 11) is 1.59. The van der Waals surface area contributed by atoms with Crippen LogP contribution in [0.1, 0.15) is 29.5 Å². The zero-order valence-corrected chi connectivity index (χ0v) is 19.5. The molecule has 1 saturated heterocycles. The number of anilines is 1. The number of Topliss-reactive ketones (excluding diaryl/α,β-unsaturated/α-hetero) is 1. The molecule has 1 aliphatic rings. The molecule has 2 amide bonds. The van der Waals surface area contributed by atoms with Gasteiger partial charge < -0.3 is 14.5 Å². The summed E-state index contributed by atoms with van der Waals surface area (Å²) in [6, 6.07) is 17.4. The third-order valence-corrected chi connectivity index (χ3v) is 6.33. The molecule has 0 aliphatic carbocycles. The monoisotopic (exact) mass is 477 g/mol. The highest BCUT2D eigenvalue weighted by Crippen LogP contribution is 2.33. The smallest absolute Gasteiger partial charge is 0.243 e. The molecule has 8 nitrogen and oxygen atoms in total. The van der Waals surface area contributed by atoms with Gasteiger partial charge in [-0.05, 0) is 67.6 Å². The molecule has 0 bridgehead atoms. The summed E-state index contributed by atoms with van der Waals surface area (Å²) in [6.45, 7) is 1.70. The van der Waals surface area contributed by atoms with Gasteiger partial charge in [-0.15, -0.1) is 0 Å². The third kappa shape index (κ3) is 5.55. The van der Waals surface area contributed by atoms with Crippen LogP contribution >= 0.6 is 11.8 Å². The second kappa shape index (κ2) is 10.4. The highest BCUT2D eigenvalue weighted by molar-refractivity contribution is 8.15. The van der Waals surface area contributed by atoms with Crippen LogP contribution in [0.4, 0.5) is 11.4 Å². The Morgan fingerprint density at radius 3 is 2.47 bits per heavy atom. The zero-order chi connectivity index (χ0) is 24.1. The lowest BCUT2D eigenvalue weighted by Gasteiger charge is -2.15. The maximum atomic E-state index is 13.2. The van der Waals surface area contributed by atoms with E-state index < -0.39 is 5.25 Å². The molecule has 1 N–H and O–H groups in total.